The first-order chi connectivity index (χ1) is 13.6. The minimum atomic E-state index is 0.119. The number of imidazole rings is 1. The van der Waals surface area contributed by atoms with Gasteiger partial charge in [-0.15, -0.1) is 0 Å². The van der Waals surface area contributed by atoms with Crippen molar-refractivity contribution >= 4 is 5.91 Å². The quantitative estimate of drug-likeness (QED) is 0.681. The van der Waals surface area contributed by atoms with Crippen LogP contribution in [-0.4, -0.2) is 43.0 Å². The smallest absolute Gasteiger partial charge is 0.270 e. The third kappa shape index (κ3) is 3.72. The summed E-state index contributed by atoms with van der Waals surface area (Å²) in [4.78, 5) is 24.0. The maximum atomic E-state index is 13.1. The van der Waals surface area contributed by atoms with Crippen molar-refractivity contribution in [2.24, 2.45) is 0 Å². The predicted molar refractivity (Wildman–Crippen MR) is 108 cm³/mol. The predicted octanol–water partition coefficient (Wildman–Crippen LogP) is 3.73. The van der Waals surface area contributed by atoms with Crippen LogP contribution in [0.1, 0.15) is 60.5 Å². The number of carbonyl (C=O) groups excluding carboxylic acids is 1. The third-order valence-corrected chi connectivity index (χ3v) is 5.45. The molecule has 0 aliphatic carbocycles. The van der Waals surface area contributed by atoms with Gasteiger partial charge in [-0.2, -0.15) is 0 Å². The summed E-state index contributed by atoms with van der Waals surface area (Å²) in [5.74, 6) is 1.43. The van der Waals surface area contributed by atoms with Crippen molar-refractivity contribution in [2.75, 3.05) is 13.1 Å². The molecule has 0 spiro atoms. The highest BCUT2D eigenvalue weighted by atomic mass is 16.2. The number of aromatic nitrogens is 4. The summed E-state index contributed by atoms with van der Waals surface area (Å²) in [6.45, 7) is 6.48. The molecule has 4 heterocycles. The Labute approximate surface area is 165 Å². The van der Waals surface area contributed by atoms with Crippen molar-refractivity contribution in [3.05, 3.63) is 72.3 Å². The SMILES string of the molecule is CC(C)n1cccc1C(=O)N1CCC[C@H](c2nccn2Cc2cccnc2)C1. The van der Waals surface area contributed by atoms with Crippen LogP contribution in [0.4, 0.5) is 0 Å². The first kappa shape index (κ1) is 18.5. The largest absolute Gasteiger partial charge is 0.341 e. The summed E-state index contributed by atoms with van der Waals surface area (Å²) in [5, 5.41) is 0. The lowest BCUT2D eigenvalue weighted by molar-refractivity contribution is 0.0691. The van der Waals surface area contributed by atoms with Crippen LogP contribution in [0.3, 0.4) is 0 Å². The van der Waals surface area contributed by atoms with E-state index in [0.29, 0.717) is 6.54 Å². The van der Waals surface area contributed by atoms with Gasteiger partial charge in [0.15, 0.2) is 0 Å². The second-order valence-electron chi connectivity index (χ2n) is 7.76. The molecule has 1 aliphatic rings. The normalized spacial score (nSPS) is 17.2. The molecule has 0 radical (unpaired) electrons. The van der Waals surface area contributed by atoms with E-state index in [2.05, 4.69) is 39.0 Å². The number of carbonyl (C=O) groups is 1. The molecule has 1 atom stereocenters. The molecule has 28 heavy (non-hydrogen) atoms. The second-order valence-corrected chi connectivity index (χ2v) is 7.76. The third-order valence-electron chi connectivity index (χ3n) is 5.45. The Morgan fingerprint density at radius 3 is 2.89 bits per heavy atom. The minimum Gasteiger partial charge on any atom is -0.341 e. The molecule has 6 nitrogen and oxygen atoms in total. The number of amides is 1. The molecular weight excluding hydrogens is 350 g/mol. The zero-order valence-electron chi connectivity index (χ0n) is 16.5. The highest BCUT2D eigenvalue weighted by Gasteiger charge is 2.29. The monoisotopic (exact) mass is 377 g/mol. The number of nitrogens with zero attached hydrogens (tertiary/aromatic N) is 5. The first-order valence-electron chi connectivity index (χ1n) is 9.99. The van der Waals surface area contributed by atoms with E-state index in [1.165, 1.54) is 0 Å². The lowest BCUT2D eigenvalue weighted by atomic mass is 9.96. The van der Waals surface area contributed by atoms with Crippen LogP contribution in [0.5, 0.6) is 0 Å². The van der Waals surface area contributed by atoms with Crippen LogP contribution in [0.2, 0.25) is 0 Å². The van der Waals surface area contributed by atoms with Crippen LogP contribution in [0.15, 0.2) is 55.2 Å². The summed E-state index contributed by atoms with van der Waals surface area (Å²) >= 11 is 0. The van der Waals surface area contributed by atoms with Gasteiger partial charge in [0.05, 0.1) is 6.54 Å². The number of rotatable bonds is 5. The highest BCUT2D eigenvalue weighted by Crippen LogP contribution is 2.27. The zero-order valence-corrected chi connectivity index (χ0v) is 16.5. The Morgan fingerprint density at radius 2 is 2.11 bits per heavy atom. The number of pyridine rings is 1. The fourth-order valence-corrected chi connectivity index (χ4v) is 4.06. The number of hydrogen-bond acceptors (Lipinski definition) is 3. The van der Waals surface area contributed by atoms with Crippen molar-refractivity contribution in [3.63, 3.8) is 0 Å². The molecule has 1 aliphatic heterocycles. The molecule has 0 unspecified atom stereocenters. The molecule has 146 valence electrons. The highest BCUT2D eigenvalue weighted by molar-refractivity contribution is 5.93. The summed E-state index contributed by atoms with van der Waals surface area (Å²) in [5.41, 5.74) is 1.93. The van der Waals surface area contributed by atoms with Gasteiger partial charge in [-0.05, 0) is 50.5 Å². The summed E-state index contributed by atoms with van der Waals surface area (Å²) in [6.07, 6.45) is 11.6. The minimum absolute atomic E-state index is 0.119. The Morgan fingerprint density at radius 1 is 1.21 bits per heavy atom. The van der Waals surface area contributed by atoms with Gasteiger partial charge in [-0.3, -0.25) is 9.78 Å². The van der Waals surface area contributed by atoms with Gasteiger partial charge < -0.3 is 14.0 Å². The molecule has 1 fully saturated rings. The van der Waals surface area contributed by atoms with Crippen molar-refractivity contribution < 1.29 is 4.79 Å². The van der Waals surface area contributed by atoms with Crippen molar-refractivity contribution in [1.82, 2.24) is 24.0 Å². The van der Waals surface area contributed by atoms with Crippen LogP contribution in [-0.2, 0) is 6.54 Å². The van der Waals surface area contributed by atoms with E-state index in [0.717, 1.165) is 43.0 Å². The van der Waals surface area contributed by atoms with Crippen molar-refractivity contribution in [2.45, 2.75) is 45.2 Å². The van der Waals surface area contributed by atoms with Crippen molar-refractivity contribution in [1.29, 1.82) is 0 Å². The summed E-state index contributed by atoms with van der Waals surface area (Å²) in [7, 11) is 0. The van der Waals surface area contributed by atoms with E-state index in [1.54, 1.807) is 6.20 Å². The number of likely N-dealkylation sites (tertiary alicyclic amines) is 1. The lowest BCUT2D eigenvalue weighted by Crippen LogP contribution is -2.40. The van der Waals surface area contributed by atoms with Gasteiger partial charge in [0.25, 0.3) is 5.91 Å². The molecule has 3 aromatic rings. The molecule has 6 heteroatoms. The molecule has 1 saturated heterocycles. The zero-order chi connectivity index (χ0) is 19.5. The molecule has 0 bridgehead atoms. The number of hydrogen-bond donors (Lipinski definition) is 0. The number of piperidine rings is 1. The summed E-state index contributed by atoms with van der Waals surface area (Å²) < 4.78 is 4.24. The van der Waals surface area contributed by atoms with E-state index in [-0.39, 0.29) is 17.9 Å². The van der Waals surface area contributed by atoms with E-state index in [4.69, 9.17) is 0 Å². The molecule has 3 aromatic heterocycles. The molecule has 0 saturated carbocycles. The van der Waals surface area contributed by atoms with Crippen LogP contribution < -0.4 is 0 Å². The van der Waals surface area contributed by atoms with Gasteiger partial charge in [0.2, 0.25) is 0 Å². The first-order valence-corrected chi connectivity index (χ1v) is 9.99. The molecule has 0 N–H and O–H groups in total. The summed E-state index contributed by atoms with van der Waals surface area (Å²) in [6, 6.07) is 8.18. The fourth-order valence-electron chi connectivity index (χ4n) is 4.06. The average molecular weight is 377 g/mol. The van der Waals surface area contributed by atoms with E-state index in [1.807, 2.05) is 47.9 Å². The van der Waals surface area contributed by atoms with Gasteiger partial charge >= 0.3 is 0 Å². The Kier molecular flexibility index (Phi) is 5.28. The molecule has 4 rings (SSSR count). The lowest BCUT2D eigenvalue weighted by Gasteiger charge is -2.33. The maximum Gasteiger partial charge on any atom is 0.270 e. The van der Waals surface area contributed by atoms with Gasteiger partial charge in [-0.1, -0.05) is 6.07 Å². The van der Waals surface area contributed by atoms with E-state index < -0.39 is 0 Å². The van der Waals surface area contributed by atoms with E-state index in [9.17, 15) is 4.79 Å². The second kappa shape index (κ2) is 8.00. The van der Waals surface area contributed by atoms with Crippen LogP contribution in [0.25, 0.3) is 0 Å². The Balaban J connectivity index is 1.51. The fraction of sp³-hybridized carbons (Fsp3) is 0.409. The molecule has 0 aromatic carbocycles. The maximum absolute atomic E-state index is 13.1. The Bertz CT molecular complexity index is 927. The van der Waals surface area contributed by atoms with Gasteiger partial charge in [0, 0.05) is 56.0 Å². The Hall–Kier alpha value is -2.89. The molecule has 1 amide bonds. The topological polar surface area (TPSA) is 56.0 Å². The standard InChI is InChI=1S/C22H27N5O/c1-17(2)27-12-5-8-20(27)22(28)26-11-4-7-19(16-26)21-24-10-13-25(21)15-18-6-3-9-23-14-18/h3,5-6,8-10,12-14,17,19H,4,7,11,15-16H2,1-2H3/t19-/m0/s1. The van der Waals surface area contributed by atoms with E-state index >= 15 is 0 Å². The average Bonchev–Trinajstić information content (AvgIpc) is 3.38. The van der Waals surface area contributed by atoms with Crippen LogP contribution >= 0.6 is 0 Å². The van der Waals surface area contributed by atoms with Crippen molar-refractivity contribution in [3.8, 4) is 0 Å². The van der Waals surface area contributed by atoms with Gasteiger partial charge in [0.1, 0.15) is 11.5 Å². The van der Waals surface area contributed by atoms with Gasteiger partial charge in [-0.25, -0.2) is 4.98 Å². The van der Waals surface area contributed by atoms with Crippen LogP contribution in [0, 0.1) is 0 Å². The molecular formula is C22H27N5O.